The first-order chi connectivity index (χ1) is 10.8. The van der Waals surface area contributed by atoms with Crippen LogP contribution in [0.3, 0.4) is 0 Å². The monoisotopic (exact) mass is 309 g/mol. The highest BCUT2D eigenvalue weighted by Crippen LogP contribution is 2.46. The van der Waals surface area contributed by atoms with Gasteiger partial charge in [0.2, 0.25) is 0 Å². The Morgan fingerprint density at radius 2 is 1.77 bits per heavy atom. The van der Waals surface area contributed by atoms with E-state index in [0.29, 0.717) is 0 Å². The molecule has 117 valence electrons. The Hall–Kier alpha value is -1.08. The van der Waals surface area contributed by atoms with Crippen molar-refractivity contribution >= 4 is 13.3 Å². The third-order valence-electron chi connectivity index (χ3n) is 5.78. The van der Waals surface area contributed by atoms with Crippen LogP contribution in [0.5, 0.6) is 0 Å². The van der Waals surface area contributed by atoms with Crippen molar-refractivity contribution in [2.24, 2.45) is 0 Å². The lowest BCUT2D eigenvalue weighted by Crippen LogP contribution is -2.54. The van der Waals surface area contributed by atoms with Gasteiger partial charge in [-0.1, -0.05) is 111 Å². The zero-order valence-electron chi connectivity index (χ0n) is 14.1. The molecule has 1 radical (unpaired) electrons. The number of benzene rings is 1. The maximum Gasteiger partial charge on any atom is 0.102 e. The molecule has 1 aromatic rings. The fraction of sp³-hybridized carbons (Fsp3) is 0.476. The second kappa shape index (κ2) is 7.00. The largest absolute Gasteiger partial charge is 0.102 e. The third-order valence-corrected chi connectivity index (χ3v) is 11.1. The van der Waals surface area contributed by atoms with Crippen molar-refractivity contribution in [1.29, 1.82) is 0 Å². The van der Waals surface area contributed by atoms with Crippen LogP contribution in [-0.4, -0.2) is 8.07 Å². The van der Waals surface area contributed by atoms with Gasteiger partial charge in [0, 0.05) is 5.54 Å². The van der Waals surface area contributed by atoms with E-state index in [9.17, 15) is 0 Å². The van der Waals surface area contributed by atoms with Crippen LogP contribution < -0.4 is 5.19 Å². The van der Waals surface area contributed by atoms with E-state index in [4.69, 9.17) is 0 Å². The summed E-state index contributed by atoms with van der Waals surface area (Å²) in [6.45, 7) is 4.95. The Bertz CT molecular complexity index is 536. The van der Waals surface area contributed by atoms with Crippen molar-refractivity contribution in [3.63, 3.8) is 0 Å². The molecule has 2 aliphatic rings. The number of hydrogen-bond donors (Lipinski definition) is 0. The van der Waals surface area contributed by atoms with Gasteiger partial charge in [-0.25, -0.2) is 0 Å². The second-order valence-electron chi connectivity index (χ2n) is 7.12. The maximum absolute atomic E-state index is 2.65. The number of rotatable bonds is 5. The van der Waals surface area contributed by atoms with E-state index in [2.05, 4.69) is 62.0 Å². The van der Waals surface area contributed by atoms with Crippen LogP contribution >= 0.6 is 0 Å². The minimum absolute atomic E-state index is 0.918. The fourth-order valence-corrected chi connectivity index (χ4v) is 9.51. The lowest BCUT2D eigenvalue weighted by molar-refractivity contribution is 0.493. The van der Waals surface area contributed by atoms with Gasteiger partial charge >= 0.3 is 0 Å². The SMILES string of the molecule is CCCC1=CC=C[C]1[Si](C)(c1ccccc1)C1CCCCC1. The first kappa shape index (κ1) is 15.8. The summed E-state index contributed by atoms with van der Waals surface area (Å²) in [4.78, 5) is 0. The topological polar surface area (TPSA) is 0 Å². The molecule has 0 aliphatic heterocycles. The van der Waals surface area contributed by atoms with Crippen LogP contribution in [0.15, 0.2) is 54.1 Å². The predicted molar refractivity (Wildman–Crippen MR) is 99.9 cm³/mol. The van der Waals surface area contributed by atoms with Crippen LogP contribution in [0, 0.1) is 5.54 Å². The maximum atomic E-state index is 2.65. The first-order valence-electron chi connectivity index (χ1n) is 9.07. The zero-order valence-corrected chi connectivity index (χ0v) is 15.1. The molecule has 1 heteroatoms. The van der Waals surface area contributed by atoms with Crippen molar-refractivity contribution in [2.75, 3.05) is 0 Å². The van der Waals surface area contributed by atoms with Crippen LogP contribution in [-0.2, 0) is 0 Å². The average Bonchev–Trinajstić information content (AvgIpc) is 3.05. The number of allylic oxidation sites excluding steroid dienone is 4. The lowest BCUT2D eigenvalue weighted by atomic mass is 10.0. The summed E-state index contributed by atoms with van der Waals surface area (Å²) in [5, 5.41) is 1.64. The van der Waals surface area contributed by atoms with Gasteiger partial charge in [-0.15, -0.1) is 0 Å². The van der Waals surface area contributed by atoms with Gasteiger partial charge in [-0.05, 0) is 12.0 Å². The third kappa shape index (κ3) is 2.88. The molecule has 1 fully saturated rings. The lowest BCUT2D eigenvalue weighted by Gasteiger charge is -2.43. The number of hydrogen-bond acceptors (Lipinski definition) is 0. The van der Waals surface area contributed by atoms with Crippen LogP contribution in [0.2, 0.25) is 12.1 Å². The van der Waals surface area contributed by atoms with E-state index in [1.54, 1.807) is 16.3 Å². The molecular formula is C21H29Si. The standard InChI is InChI=1S/C21H29Si/c1-3-11-18-12-10-17-21(18)22(2,19-13-6-4-7-14-19)20-15-8-5-9-16-20/h4,6-7,10,12-14,17,20H,3,5,8-9,11,15-16H2,1-2H3. The Kier molecular flexibility index (Phi) is 5.02. The average molecular weight is 310 g/mol. The van der Waals surface area contributed by atoms with E-state index in [-0.39, 0.29) is 0 Å². The fourth-order valence-electron chi connectivity index (χ4n) is 4.53. The smallest absolute Gasteiger partial charge is 0.0757 e. The molecule has 0 N–H and O–H groups in total. The molecule has 22 heavy (non-hydrogen) atoms. The molecule has 1 unspecified atom stereocenters. The van der Waals surface area contributed by atoms with Crippen molar-refractivity contribution in [1.82, 2.24) is 0 Å². The van der Waals surface area contributed by atoms with Crippen molar-refractivity contribution in [3.8, 4) is 0 Å². The van der Waals surface area contributed by atoms with E-state index in [1.807, 2.05) is 0 Å². The molecule has 0 spiro atoms. The van der Waals surface area contributed by atoms with E-state index < -0.39 is 8.07 Å². The molecule has 0 heterocycles. The molecule has 1 aromatic carbocycles. The van der Waals surface area contributed by atoms with Crippen LogP contribution in [0.4, 0.5) is 0 Å². The molecule has 0 nitrogen and oxygen atoms in total. The summed E-state index contributed by atoms with van der Waals surface area (Å²) in [6.07, 6.45) is 16.8. The molecule has 1 saturated carbocycles. The Morgan fingerprint density at radius 3 is 2.45 bits per heavy atom. The Labute approximate surface area is 137 Å². The Balaban J connectivity index is 1.99. The molecule has 0 aromatic heterocycles. The van der Waals surface area contributed by atoms with Gasteiger partial charge < -0.3 is 0 Å². The second-order valence-corrected chi connectivity index (χ2v) is 11.5. The van der Waals surface area contributed by atoms with Crippen molar-refractivity contribution in [2.45, 2.75) is 64.0 Å². The summed E-state index contributed by atoms with van der Waals surface area (Å²) >= 11 is 0. The van der Waals surface area contributed by atoms with Gasteiger partial charge in [0.25, 0.3) is 0 Å². The first-order valence-corrected chi connectivity index (χ1v) is 11.6. The highest BCUT2D eigenvalue weighted by Gasteiger charge is 2.46. The quantitative estimate of drug-likeness (QED) is 0.610. The zero-order chi connectivity index (χ0) is 15.4. The van der Waals surface area contributed by atoms with Crippen LogP contribution in [0.1, 0.15) is 51.9 Å². The van der Waals surface area contributed by atoms with Gasteiger partial charge in [0.1, 0.15) is 8.07 Å². The van der Waals surface area contributed by atoms with Crippen molar-refractivity contribution < 1.29 is 0 Å². The highest BCUT2D eigenvalue weighted by atomic mass is 28.3. The molecule has 0 bridgehead atoms. The summed E-state index contributed by atoms with van der Waals surface area (Å²) in [5.41, 5.74) is 4.28. The van der Waals surface area contributed by atoms with E-state index in [1.165, 1.54) is 44.9 Å². The van der Waals surface area contributed by atoms with Crippen LogP contribution in [0.25, 0.3) is 0 Å². The summed E-state index contributed by atoms with van der Waals surface area (Å²) < 4.78 is 0. The summed E-state index contributed by atoms with van der Waals surface area (Å²) in [5.74, 6) is 0. The molecule has 0 amide bonds. The summed E-state index contributed by atoms with van der Waals surface area (Å²) in [7, 11) is -1.63. The predicted octanol–water partition coefficient (Wildman–Crippen LogP) is 5.72. The molecule has 3 rings (SSSR count). The van der Waals surface area contributed by atoms with E-state index in [0.717, 1.165) is 5.54 Å². The van der Waals surface area contributed by atoms with Gasteiger partial charge in [-0.3, -0.25) is 0 Å². The minimum Gasteiger partial charge on any atom is -0.0757 e. The normalized spacial score (nSPS) is 22.5. The molecule has 2 aliphatic carbocycles. The molecule has 1 atom stereocenters. The Morgan fingerprint density at radius 1 is 1.05 bits per heavy atom. The van der Waals surface area contributed by atoms with Gasteiger partial charge in [0.05, 0.1) is 0 Å². The van der Waals surface area contributed by atoms with E-state index >= 15 is 0 Å². The van der Waals surface area contributed by atoms with Crippen molar-refractivity contribution in [3.05, 3.63) is 59.7 Å². The minimum atomic E-state index is -1.63. The van der Waals surface area contributed by atoms with Gasteiger partial charge in [-0.2, -0.15) is 0 Å². The van der Waals surface area contributed by atoms with Gasteiger partial charge in [0.15, 0.2) is 0 Å². The molecular weight excluding hydrogens is 280 g/mol. The summed E-state index contributed by atoms with van der Waals surface area (Å²) in [6, 6.07) is 11.5. The highest BCUT2D eigenvalue weighted by molar-refractivity contribution is 6.97. The molecule has 0 saturated heterocycles.